The zero-order valence-corrected chi connectivity index (χ0v) is 18.1. The Morgan fingerprint density at radius 2 is 1.86 bits per heavy atom. The minimum absolute atomic E-state index is 0.201. The Morgan fingerprint density at radius 1 is 1.11 bits per heavy atom. The fourth-order valence-corrected chi connectivity index (χ4v) is 4.57. The summed E-state index contributed by atoms with van der Waals surface area (Å²) in [6, 6.07) is 0. The lowest BCUT2D eigenvalue weighted by atomic mass is 9.89. The highest BCUT2D eigenvalue weighted by Gasteiger charge is 2.32. The number of rotatable bonds is 14. The standard InChI is InChI=1S/C24H43NO3/c1-2-3-7-10-22(26)14-12-21-13-15-24(27)23(21)11-8-5-4-6-9-16-25-17-19-28-20-18-25/h12,14,21-23,26H,2-11,13,15-20H2,1H3/b14-12+/t21-,22-,23+/m0/s1. The highest BCUT2D eigenvalue weighted by Crippen LogP contribution is 2.34. The van der Waals surface area contributed by atoms with Crippen LogP contribution >= 0.6 is 0 Å². The van der Waals surface area contributed by atoms with E-state index in [1.54, 1.807) is 0 Å². The van der Waals surface area contributed by atoms with Crippen LogP contribution in [0.5, 0.6) is 0 Å². The maximum Gasteiger partial charge on any atom is 0.136 e. The van der Waals surface area contributed by atoms with E-state index >= 15 is 0 Å². The molecule has 1 saturated carbocycles. The number of carbonyl (C=O) groups excluding carboxylic acids is 1. The van der Waals surface area contributed by atoms with Crippen molar-refractivity contribution in [3.8, 4) is 0 Å². The third-order valence-corrected chi connectivity index (χ3v) is 6.43. The summed E-state index contributed by atoms with van der Waals surface area (Å²) in [6.07, 6.45) is 17.1. The number of aliphatic hydroxyl groups is 1. The summed E-state index contributed by atoms with van der Waals surface area (Å²) in [4.78, 5) is 14.8. The Labute approximate surface area is 172 Å². The Kier molecular flexibility index (Phi) is 12.0. The number of ether oxygens (including phenoxy) is 1. The number of hydrogen-bond acceptors (Lipinski definition) is 4. The van der Waals surface area contributed by atoms with Crippen LogP contribution in [0.2, 0.25) is 0 Å². The molecule has 0 unspecified atom stereocenters. The minimum atomic E-state index is -0.339. The summed E-state index contributed by atoms with van der Waals surface area (Å²) in [5.74, 6) is 1.00. The number of carbonyl (C=O) groups is 1. The van der Waals surface area contributed by atoms with Crippen LogP contribution in [0.3, 0.4) is 0 Å². The lowest BCUT2D eigenvalue weighted by molar-refractivity contribution is -0.121. The molecule has 2 rings (SSSR count). The average Bonchev–Trinajstić information content (AvgIpc) is 3.06. The smallest absolute Gasteiger partial charge is 0.136 e. The molecule has 3 atom stereocenters. The topological polar surface area (TPSA) is 49.8 Å². The third kappa shape index (κ3) is 9.19. The monoisotopic (exact) mass is 393 g/mol. The number of allylic oxidation sites excluding steroid dienone is 1. The van der Waals surface area contributed by atoms with Crippen molar-refractivity contribution in [2.24, 2.45) is 11.8 Å². The van der Waals surface area contributed by atoms with Gasteiger partial charge in [0.2, 0.25) is 0 Å². The van der Waals surface area contributed by atoms with Crippen LogP contribution in [0.1, 0.15) is 84.0 Å². The molecular weight excluding hydrogens is 350 g/mol. The number of aliphatic hydroxyl groups excluding tert-OH is 1. The van der Waals surface area contributed by atoms with Crippen LogP contribution < -0.4 is 0 Å². The number of morpholine rings is 1. The molecule has 2 aliphatic rings. The van der Waals surface area contributed by atoms with E-state index in [1.807, 2.05) is 6.08 Å². The number of ketones is 1. The van der Waals surface area contributed by atoms with E-state index < -0.39 is 0 Å². The van der Waals surface area contributed by atoms with Gasteiger partial charge in [-0.15, -0.1) is 0 Å². The molecule has 1 saturated heterocycles. The molecule has 1 N–H and O–H groups in total. The van der Waals surface area contributed by atoms with Gasteiger partial charge in [0.05, 0.1) is 19.3 Å². The summed E-state index contributed by atoms with van der Waals surface area (Å²) in [7, 11) is 0. The quantitative estimate of drug-likeness (QED) is 0.342. The molecule has 4 nitrogen and oxygen atoms in total. The average molecular weight is 394 g/mol. The van der Waals surface area contributed by atoms with Gasteiger partial charge >= 0.3 is 0 Å². The van der Waals surface area contributed by atoms with Crippen LogP contribution in [0, 0.1) is 11.8 Å². The van der Waals surface area contributed by atoms with Crippen LogP contribution in [0.25, 0.3) is 0 Å². The number of nitrogens with zero attached hydrogens (tertiary/aromatic N) is 1. The molecule has 1 aliphatic heterocycles. The lowest BCUT2D eigenvalue weighted by Gasteiger charge is -2.26. The van der Waals surface area contributed by atoms with Crippen molar-refractivity contribution in [2.45, 2.75) is 90.1 Å². The van der Waals surface area contributed by atoms with E-state index in [0.29, 0.717) is 11.7 Å². The number of unbranched alkanes of at least 4 members (excludes halogenated alkanes) is 6. The number of Topliss-reactive ketones (excluding diaryl/α,β-unsaturated/α-hetero) is 1. The largest absolute Gasteiger partial charge is 0.389 e. The second-order valence-electron chi connectivity index (χ2n) is 8.73. The molecule has 1 aliphatic carbocycles. The van der Waals surface area contributed by atoms with Gasteiger partial charge in [0, 0.05) is 25.4 Å². The Hall–Kier alpha value is -0.710. The Balaban J connectivity index is 1.55. The molecule has 4 heteroatoms. The Bertz CT molecular complexity index is 445. The van der Waals surface area contributed by atoms with Crippen molar-refractivity contribution in [2.75, 3.05) is 32.8 Å². The predicted molar refractivity (Wildman–Crippen MR) is 115 cm³/mol. The molecule has 0 spiro atoms. The van der Waals surface area contributed by atoms with Crippen molar-refractivity contribution in [1.29, 1.82) is 0 Å². The van der Waals surface area contributed by atoms with Crippen molar-refractivity contribution >= 4 is 5.78 Å². The fourth-order valence-electron chi connectivity index (χ4n) is 4.57. The first kappa shape index (κ1) is 23.6. The first-order valence-corrected chi connectivity index (χ1v) is 11.9. The normalized spacial score (nSPS) is 25.0. The first-order chi connectivity index (χ1) is 13.7. The molecule has 28 heavy (non-hydrogen) atoms. The maximum absolute atomic E-state index is 12.3. The molecular formula is C24H43NO3. The van der Waals surface area contributed by atoms with Gasteiger partial charge in [-0.2, -0.15) is 0 Å². The zero-order valence-electron chi connectivity index (χ0n) is 18.1. The van der Waals surface area contributed by atoms with Crippen LogP contribution in [0.4, 0.5) is 0 Å². The van der Waals surface area contributed by atoms with Crippen molar-refractivity contribution < 1.29 is 14.6 Å². The van der Waals surface area contributed by atoms with Gasteiger partial charge in [-0.05, 0) is 38.1 Å². The van der Waals surface area contributed by atoms with Crippen molar-refractivity contribution in [1.82, 2.24) is 4.90 Å². The molecule has 0 aromatic rings. The summed E-state index contributed by atoms with van der Waals surface area (Å²) >= 11 is 0. The summed E-state index contributed by atoms with van der Waals surface area (Å²) < 4.78 is 5.39. The molecule has 162 valence electrons. The summed E-state index contributed by atoms with van der Waals surface area (Å²) in [5, 5.41) is 10.1. The fraction of sp³-hybridized carbons (Fsp3) is 0.875. The molecule has 0 bridgehead atoms. The molecule has 2 fully saturated rings. The van der Waals surface area contributed by atoms with E-state index in [-0.39, 0.29) is 12.0 Å². The molecule has 0 aromatic carbocycles. The van der Waals surface area contributed by atoms with Gasteiger partial charge in [-0.1, -0.05) is 64.0 Å². The molecule has 0 radical (unpaired) electrons. The van der Waals surface area contributed by atoms with Crippen LogP contribution in [-0.2, 0) is 9.53 Å². The molecule has 1 heterocycles. The van der Waals surface area contributed by atoms with E-state index in [0.717, 1.165) is 64.8 Å². The van der Waals surface area contributed by atoms with E-state index in [1.165, 1.54) is 45.1 Å². The van der Waals surface area contributed by atoms with Crippen molar-refractivity contribution in [3.63, 3.8) is 0 Å². The first-order valence-electron chi connectivity index (χ1n) is 11.9. The highest BCUT2D eigenvalue weighted by atomic mass is 16.5. The SMILES string of the molecule is CCCCC[C@H](O)/C=C/[C@H]1CCC(=O)[C@@H]1CCCCCCCN1CCOCC1. The van der Waals surface area contributed by atoms with Gasteiger partial charge in [-0.3, -0.25) is 9.69 Å². The maximum atomic E-state index is 12.3. The van der Waals surface area contributed by atoms with E-state index in [2.05, 4.69) is 17.9 Å². The molecule has 0 aromatic heterocycles. The van der Waals surface area contributed by atoms with Crippen LogP contribution in [0.15, 0.2) is 12.2 Å². The van der Waals surface area contributed by atoms with Crippen LogP contribution in [-0.4, -0.2) is 54.7 Å². The second-order valence-corrected chi connectivity index (χ2v) is 8.73. The van der Waals surface area contributed by atoms with Gasteiger partial charge in [-0.25, -0.2) is 0 Å². The third-order valence-electron chi connectivity index (χ3n) is 6.43. The lowest BCUT2D eigenvalue weighted by Crippen LogP contribution is -2.36. The van der Waals surface area contributed by atoms with E-state index in [4.69, 9.17) is 4.74 Å². The summed E-state index contributed by atoms with van der Waals surface area (Å²) in [6.45, 7) is 7.35. The van der Waals surface area contributed by atoms with Gasteiger partial charge in [0.15, 0.2) is 0 Å². The number of hydrogen-bond donors (Lipinski definition) is 1. The van der Waals surface area contributed by atoms with Gasteiger partial charge in [0.25, 0.3) is 0 Å². The summed E-state index contributed by atoms with van der Waals surface area (Å²) in [5.41, 5.74) is 0. The predicted octanol–water partition coefficient (Wildman–Crippen LogP) is 4.75. The minimum Gasteiger partial charge on any atom is -0.389 e. The van der Waals surface area contributed by atoms with E-state index in [9.17, 15) is 9.90 Å². The van der Waals surface area contributed by atoms with Gasteiger partial charge in [0.1, 0.15) is 5.78 Å². The molecule has 0 amide bonds. The highest BCUT2D eigenvalue weighted by molar-refractivity contribution is 5.83. The van der Waals surface area contributed by atoms with Crippen molar-refractivity contribution in [3.05, 3.63) is 12.2 Å². The Morgan fingerprint density at radius 3 is 2.64 bits per heavy atom. The zero-order chi connectivity index (χ0) is 20.0. The van der Waals surface area contributed by atoms with Gasteiger partial charge < -0.3 is 9.84 Å². The second kappa shape index (κ2) is 14.3.